The molecule has 0 unspecified atom stereocenters. The third-order valence-electron chi connectivity index (χ3n) is 2.31. The molecule has 0 saturated heterocycles. The molecule has 0 atom stereocenters. The van der Waals surface area contributed by atoms with Crippen molar-refractivity contribution in [3.63, 3.8) is 0 Å². The monoisotopic (exact) mass is 227 g/mol. The van der Waals surface area contributed by atoms with Gasteiger partial charge in [0.1, 0.15) is 0 Å². The SMILES string of the molecule is Cc1cccc(-n2cc(C=CC(N)=O)cn2)c1. The van der Waals surface area contributed by atoms with Gasteiger partial charge >= 0.3 is 0 Å². The highest BCUT2D eigenvalue weighted by atomic mass is 16.1. The maximum Gasteiger partial charge on any atom is 0.241 e. The van der Waals surface area contributed by atoms with Crippen LogP contribution in [0.1, 0.15) is 11.1 Å². The van der Waals surface area contributed by atoms with E-state index >= 15 is 0 Å². The second-order valence-corrected chi connectivity index (χ2v) is 3.79. The molecule has 0 radical (unpaired) electrons. The molecule has 1 aromatic carbocycles. The van der Waals surface area contributed by atoms with Gasteiger partial charge in [-0.15, -0.1) is 0 Å². The third-order valence-corrected chi connectivity index (χ3v) is 2.31. The number of carbonyl (C=O) groups excluding carboxylic acids is 1. The van der Waals surface area contributed by atoms with E-state index in [1.54, 1.807) is 17.0 Å². The minimum absolute atomic E-state index is 0.465. The zero-order valence-electron chi connectivity index (χ0n) is 9.50. The maximum absolute atomic E-state index is 10.6. The van der Waals surface area contributed by atoms with Crippen LogP contribution >= 0.6 is 0 Å². The molecule has 0 aliphatic heterocycles. The van der Waals surface area contributed by atoms with Gasteiger partial charge in [0.25, 0.3) is 0 Å². The fourth-order valence-corrected chi connectivity index (χ4v) is 1.51. The highest BCUT2D eigenvalue weighted by molar-refractivity contribution is 5.90. The van der Waals surface area contributed by atoms with Crippen molar-refractivity contribution in [2.24, 2.45) is 5.73 Å². The van der Waals surface area contributed by atoms with Gasteiger partial charge in [-0.3, -0.25) is 4.79 Å². The minimum Gasteiger partial charge on any atom is -0.366 e. The van der Waals surface area contributed by atoms with Gasteiger partial charge in [-0.05, 0) is 30.7 Å². The summed E-state index contributed by atoms with van der Waals surface area (Å²) in [6.45, 7) is 2.03. The van der Waals surface area contributed by atoms with Crippen molar-refractivity contribution < 1.29 is 4.79 Å². The number of nitrogens with zero attached hydrogens (tertiary/aromatic N) is 2. The summed E-state index contributed by atoms with van der Waals surface area (Å²) in [4.78, 5) is 10.6. The van der Waals surface area contributed by atoms with Crippen molar-refractivity contribution in [2.45, 2.75) is 6.92 Å². The van der Waals surface area contributed by atoms with Crippen LogP contribution in [0, 0.1) is 6.92 Å². The van der Waals surface area contributed by atoms with E-state index < -0.39 is 5.91 Å². The number of aromatic nitrogens is 2. The Bertz CT molecular complexity index is 570. The summed E-state index contributed by atoms with van der Waals surface area (Å²) in [7, 11) is 0. The zero-order valence-corrected chi connectivity index (χ0v) is 9.50. The lowest BCUT2D eigenvalue weighted by Crippen LogP contribution is -2.04. The molecule has 1 heterocycles. The van der Waals surface area contributed by atoms with Crippen LogP contribution in [-0.2, 0) is 4.79 Å². The minimum atomic E-state index is -0.465. The topological polar surface area (TPSA) is 60.9 Å². The molecule has 0 spiro atoms. The molecule has 0 aliphatic rings. The number of hydrogen-bond donors (Lipinski definition) is 1. The molecule has 0 fully saturated rings. The van der Waals surface area contributed by atoms with Gasteiger partial charge in [0.2, 0.25) is 5.91 Å². The van der Waals surface area contributed by atoms with E-state index in [2.05, 4.69) is 5.10 Å². The smallest absolute Gasteiger partial charge is 0.241 e. The summed E-state index contributed by atoms with van der Waals surface area (Å²) in [5.41, 5.74) is 8.03. The molecule has 0 aliphatic carbocycles. The van der Waals surface area contributed by atoms with Gasteiger partial charge < -0.3 is 5.73 Å². The van der Waals surface area contributed by atoms with Crippen LogP contribution < -0.4 is 5.73 Å². The molecule has 2 N–H and O–H groups in total. The molecular formula is C13H13N3O. The van der Waals surface area contributed by atoms with E-state index in [4.69, 9.17) is 5.73 Å². The average molecular weight is 227 g/mol. The van der Waals surface area contributed by atoms with Crippen LogP contribution in [0.3, 0.4) is 0 Å². The van der Waals surface area contributed by atoms with Crippen LogP contribution in [0.4, 0.5) is 0 Å². The fraction of sp³-hybridized carbons (Fsp3) is 0.0769. The van der Waals surface area contributed by atoms with Crippen molar-refractivity contribution in [2.75, 3.05) is 0 Å². The van der Waals surface area contributed by atoms with Crippen LogP contribution in [0.2, 0.25) is 0 Å². The number of primary amides is 1. The Labute approximate surface area is 99.4 Å². The highest BCUT2D eigenvalue weighted by Crippen LogP contribution is 2.10. The first-order valence-electron chi connectivity index (χ1n) is 5.24. The van der Waals surface area contributed by atoms with Crippen molar-refractivity contribution in [3.8, 4) is 5.69 Å². The molecule has 0 saturated carbocycles. The molecule has 4 heteroatoms. The zero-order chi connectivity index (χ0) is 12.3. The molecule has 1 amide bonds. The number of aryl methyl sites for hydroxylation is 1. The van der Waals surface area contributed by atoms with Gasteiger partial charge in [0, 0.05) is 17.8 Å². The summed E-state index contributed by atoms with van der Waals surface area (Å²) in [5.74, 6) is -0.465. The van der Waals surface area contributed by atoms with Crippen molar-refractivity contribution in [1.82, 2.24) is 9.78 Å². The Hall–Kier alpha value is -2.36. The molecule has 0 bridgehead atoms. The van der Waals surface area contributed by atoms with E-state index in [-0.39, 0.29) is 0 Å². The predicted octanol–water partition coefficient (Wildman–Crippen LogP) is 1.68. The lowest BCUT2D eigenvalue weighted by atomic mass is 10.2. The number of benzene rings is 1. The number of nitrogens with two attached hydrogens (primary N) is 1. The maximum atomic E-state index is 10.6. The van der Waals surface area contributed by atoms with E-state index in [9.17, 15) is 4.79 Å². The Morgan fingerprint density at radius 3 is 3.00 bits per heavy atom. The van der Waals surface area contributed by atoms with Crippen LogP contribution in [0.15, 0.2) is 42.7 Å². The van der Waals surface area contributed by atoms with Gasteiger partial charge in [-0.1, -0.05) is 12.1 Å². The van der Waals surface area contributed by atoms with Crippen molar-refractivity contribution in [1.29, 1.82) is 0 Å². The van der Waals surface area contributed by atoms with Crippen molar-refractivity contribution in [3.05, 3.63) is 53.9 Å². The molecule has 4 nitrogen and oxygen atoms in total. The molecule has 1 aromatic heterocycles. The number of carbonyl (C=O) groups is 1. The molecule has 2 aromatic rings. The van der Waals surface area contributed by atoms with Crippen molar-refractivity contribution >= 4 is 12.0 Å². The predicted molar refractivity (Wildman–Crippen MR) is 66.5 cm³/mol. The van der Waals surface area contributed by atoms with E-state index in [0.29, 0.717) is 0 Å². The van der Waals surface area contributed by atoms with Gasteiger partial charge in [-0.25, -0.2) is 4.68 Å². The Kier molecular flexibility index (Phi) is 3.05. The fourth-order valence-electron chi connectivity index (χ4n) is 1.51. The lowest BCUT2D eigenvalue weighted by Gasteiger charge is -2.01. The first-order chi connectivity index (χ1) is 8.15. The summed E-state index contributed by atoms with van der Waals surface area (Å²) in [5, 5.41) is 4.22. The normalized spacial score (nSPS) is 10.9. The average Bonchev–Trinajstić information content (AvgIpc) is 2.75. The first kappa shape index (κ1) is 11.1. The number of rotatable bonds is 3. The third kappa shape index (κ3) is 2.81. The summed E-state index contributed by atoms with van der Waals surface area (Å²) in [6.07, 6.45) is 6.48. The van der Waals surface area contributed by atoms with Crippen LogP contribution in [-0.4, -0.2) is 15.7 Å². The first-order valence-corrected chi connectivity index (χ1v) is 5.24. The van der Waals surface area contributed by atoms with E-state index in [1.165, 1.54) is 11.6 Å². The summed E-state index contributed by atoms with van der Waals surface area (Å²) < 4.78 is 1.76. The number of hydrogen-bond acceptors (Lipinski definition) is 2. The van der Waals surface area contributed by atoms with Gasteiger partial charge in [-0.2, -0.15) is 5.10 Å². The largest absolute Gasteiger partial charge is 0.366 e. The highest BCUT2D eigenvalue weighted by Gasteiger charge is 1.99. The number of amides is 1. The molecule has 2 rings (SSSR count). The second kappa shape index (κ2) is 4.65. The van der Waals surface area contributed by atoms with E-state index in [1.807, 2.05) is 37.4 Å². The Morgan fingerprint density at radius 2 is 2.29 bits per heavy atom. The standard InChI is InChI=1S/C13H13N3O/c1-10-3-2-4-12(7-10)16-9-11(8-15-16)5-6-13(14)17/h2-9H,1H3,(H2,14,17). The van der Waals surface area contributed by atoms with Crippen LogP contribution in [0.5, 0.6) is 0 Å². The van der Waals surface area contributed by atoms with Gasteiger partial charge in [0.05, 0.1) is 11.9 Å². The van der Waals surface area contributed by atoms with Crippen LogP contribution in [0.25, 0.3) is 11.8 Å². The molecule has 86 valence electrons. The second-order valence-electron chi connectivity index (χ2n) is 3.79. The molecule has 17 heavy (non-hydrogen) atoms. The van der Waals surface area contributed by atoms with E-state index in [0.717, 1.165) is 11.3 Å². The summed E-state index contributed by atoms with van der Waals surface area (Å²) in [6, 6.07) is 8.02. The quantitative estimate of drug-likeness (QED) is 0.811. The lowest BCUT2D eigenvalue weighted by molar-refractivity contribution is -0.113. The Morgan fingerprint density at radius 1 is 1.47 bits per heavy atom. The summed E-state index contributed by atoms with van der Waals surface area (Å²) >= 11 is 0. The molecular weight excluding hydrogens is 214 g/mol. The Balaban J connectivity index is 2.27. The van der Waals surface area contributed by atoms with Gasteiger partial charge in [0.15, 0.2) is 0 Å².